The van der Waals surface area contributed by atoms with Crippen molar-refractivity contribution in [1.29, 1.82) is 0 Å². The van der Waals surface area contributed by atoms with Crippen LogP contribution in [0.4, 0.5) is 5.69 Å². The molecule has 7 heteroatoms. The van der Waals surface area contributed by atoms with Gasteiger partial charge in [0.1, 0.15) is 0 Å². The van der Waals surface area contributed by atoms with Crippen LogP contribution in [0.2, 0.25) is 0 Å². The summed E-state index contributed by atoms with van der Waals surface area (Å²) in [6.07, 6.45) is 2.93. The molecular formula is C13H15IN2O4. The van der Waals surface area contributed by atoms with Crippen molar-refractivity contribution in [3.63, 3.8) is 0 Å². The van der Waals surface area contributed by atoms with Crippen LogP contribution in [0.5, 0.6) is 0 Å². The van der Waals surface area contributed by atoms with Crippen molar-refractivity contribution in [3.05, 3.63) is 37.4 Å². The van der Waals surface area contributed by atoms with Gasteiger partial charge < -0.3 is 10.0 Å². The molecule has 0 bridgehead atoms. The fourth-order valence-corrected chi connectivity index (χ4v) is 2.77. The number of halogens is 1. The van der Waals surface area contributed by atoms with Crippen molar-refractivity contribution in [2.75, 3.05) is 13.2 Å². The summed E-state index contributed by atoms with van der Waals surface area (Å²) in [6, 6.07) is 4.42. The zero-order valence-electron chi connectivity index (χ0n) is 10.8. The molecule has 1 saturated carbocycles. The predicted molar refractivity (Wildman–Crippen MR) is 81.6 cm³/mol. The van der Waals surface area contributed by atoms with E-state index in [1.54, 1.807) is 11.0 Å². The number of amides is 1. The molecule has 1 fully saturated rings. The third-order valence-electron chi connectivity index (χ3n) is 3.51. The lowest BCUT2D eigenvalue weighted by Crippen LogP contribution is -2.45. The van der Waals surface area contributed by atoms with Crippen molar-refractivity contribution in [2.24, 2.45) is 0 Å². The molecule has 0 aliphatic heterocycles. The molecule has 0 atom stereocenters. The molecule has 0 spiro atoms. The molecule has 2 rings (SSSR count). The van der Waals surface area contributed by atoms with Crippen LogP contribution in [0.3, 0.4) is 0 Å². The summed E-state index contributed by atoms with van der Waals surface area (Å²) in [7, 11) is 0. The first-order valence-corrected chi connectivity index (χ1v) is 7.48. The van der Waals surface area contributed by atoms with Gasteiger partial charge in [0.25, 0.3) is 11.6 Å². The van der Waals surface area contributed by atoms with Gasteiger partial charge in [-0.15, -0.1) is 0 Å². The first-order chi connectivity index (χ1) is 9.54. The van der Waals surface area contributed by atoms with Crippen LogP contribution in [-0.2, 0) is 0 Å². The van der Waals surface area contributed by atoms with Gasteiger partial charge in [0.05, 0.1) is 17.1 Å². The number of carbonyl (C=O) groups is 1. The number of benzene rings is 1. The quantitative estimate of drug-likeness (QED) is 0.475. The number of nitrogens with zero attached hydrogens (tertiary/aromatic N) is 2. The minimum atomic E-state index is -0.507. The first kappa shape index (κ1) is 15.2. The van der Waals surface area contributed by atoms with Gasteiger partial charge in [-0.1, -0.05) is 0 Å². The predicted octanol–water partition coefficient (Wildman–Crippen LogP) is 2.19. The van der Waals surface area contributed by atoms with Gasteiger partial charge in [0.2, 0.25) is 0 Å². The van der Waals surface area contributed by atoms with E-state index in [1.807, 2.05) is 22.6 Å². The van der Waals surface area contributed by atoms with Crippen molar-refractivity contribution in [1.82, 2.24) is 4.90 Å². The van der Waals surface area contributed by atoms with Gasteiger partial charge in [0.15, 0.2) is 0 Å². The molecule has 1 aromatic rings. The van der Waals surface area contributed by atoms with Crippen LogP contribution in [0.15, 0.2) is 18.2 Å². The summed E-state index contributed by atoms with van der Waals surface area (Å²) >= 11 is 2.00. The highest BCUT2D eigenvalue weighted by Gasteiger charge is 2.30. The second kappa shape index (κ2) is 6.49. The Morgan fingerprint density at radius 1 is 1.50 bits per heavy atom. The number of carbonyl (C=O) groups excluding carboxylic acids is 1. The molecule has 0 unspecified atom stereocenters. The highest BCUT2D eigenvalue weighted by atomic mass is 127. The maximum atomic E-state index is 12.6. The maximum Gasteiger partial charge on any atom is 0.270 e. The Morgan fingerprint density at radius 2 is 2.20 bits per heavy atom. The highest BCUT2D eigenvalue weighted by molar-refractivity contribution is 14.1. The second-order valence-electron chi connectivity index (χ2n) is 4.73. The van der Waals surface area contributed by atoms with Crippen LogP contribution in [0.25, 0.3) is 0 Å². The Labute approximate surface area is 130 Å². The van der Waals surface area contributed by atoms with E-state index in [0.717, 1.165) is 19.3 Å². The molecule has 1 aliphatic rings. The number of rotatable bonds is 5. The van der Waals surface area contributed by atoms with Crippen LogP contribution in [-0.4, -0.2) is 40.0 Å². The van der Waals surface area contributed by atoms with Gasteiger partial charge in [-0.25, -0.2) is 0 Å². The summed E-state index contributed by atoms with van der Waals surface area (Å²) in [5.74, 6) is -0.239. The molecule has 20 heavy (non-hydrogen) atoms. The molecule has 0 saturated heterocycles. The average molecular weight is 390 g/mol. The first-order valence-electron chi connectivity index (χ1n) is 6.40. The fraction of sp³-hybridized carbons (Fsp3) is 0.462. The van der Waals surface area contributed by atoms with E-state index in [-0.39, 0.29) is 30.8 Å². The SMILES string of the molecule is O=C(c1cc([N+](=O)[O-])ccc1I)N(CCO)C1CCC1. The average Bonchev–Trinajstić information content (AvgIpc) is 2.35. The van der Waals surface area contributed by atoms with Crippen molar-refractivity contribution < 1.29 is 14.8 Å². The number of aliphatic hydroxyl groups is 1. The van der Waals surface area contributed by atoms with Gasteiger partial charge >= 0.3 is 0 Å². The molecule has 6 nitrogen and oxygen atoms in total. The molecule has 1 amide bonds. The van der Waals surface area contributed by atoms with Gasteiger partial charge in [-0.2, -0.15) is 0 Å². The van der Waals surface area contributed by atoms with E-state index in [2.05, 4.69) is 0 Å². The van der Waals surface area contributed by atoms with Gasteiger partial charge in [-0.3, -0.25) is 14.9 Å². The number of aliphatic hydroxyl groups excluding tert-OH is 1. The number of hydrogen-bond acceptors (Lipinski definition) is 4. The zero-order valence-corrected chi connectivity index (χ0v) is 12.9. The monoisotopic (exact) mass is 390 g/mol. The Hall–Kier alpha value is -1.22. The van der Waals surface area contributed by atoms with E-state index in [4.69, 9.17) is 5.11 Å². The van der Waals surface area contributed by atoms with Crippen LogP contribution in [0, 0.1) is 13.7 Å². The smallest absolute Gasteiger partial charge is 0.270 e. The van der Waals surface area contributed by atoms with E-state index in [9.17, 15) is 14.9 Å². The number of non-ortho nitro benzene ring substituents is 1. The largest absolute Gasteiger partial charge is 0.395 e. The van der Waals surface area contributed by atoms with E-state index < -0.39 is 4.92 Å². The van der Waals surface area contributed by atoms with E-state index in [0.29, 0.717) is 9.13 Å². The Balaban J connectivity index is 2.30. The van der Waals surface area contributed by atoms with Crippen molar-refractivity contribution in [3.8, 4) is 0 Å². The summed E-state index contributed by atoms with van der Waals surface area (Å²) in [6.45, 7) is 0.163. The third kappa shape index (κ3) is 3.09. The second-order valence-corrected chi connectivity index (χ2v) is 5.89. The molecule has 0 heterocycles. The zero-order chi connectivity index (χ0) is 14.7. The lowest BCUT2D eigenvalue weighted by atomic mass is 9.91. The maximum absolute atomic E-state index is 12.6. The minimum Gasteiger partial charge on any atom is -0.395 e. The summed E-state index contributed by atoms with van der Waals surface area (Å²) < 4.78 is 0.681. The van der Waals surface area contributed by atoms with E-state index >= 15 is 0 Å². The normalized spacial score (nSPS) is 14.7. The standard InChI is InChI=1S/C13H15IN2O4/c14-12-5-4-10(16(19)20)8-11(12)13(18)15(6-7-17)9-2-1-3-9/h4-5,8-9,17H,1-3,6-7H2. The third-order valence-corrected chi connectivity index (χ3v) is 4.45. The molecule has 1 aliphatic carbocycles. The Kier molecular flexibility index (Phi) is 4.92. The van der Waals surface area contributed by atoms with Gasteiger partial charge in [0, 0.05) is 28.3 Å². The van der Waals surface area contributed by atoms with E-state index in [1.165, 1.54) is 12.1 Å². The fourth-order valence-electron chi connectivity index (χ4n) is 2.20. The molecular weight excluding hydrogens is 375 g/mol. The Bertz CT molecular complexity index is 531. The van der Waals surface area contributed by atoms with Crippen LogP contribution in [0.1, 0.15) is 29.6 Å². The molecule has 0 aromatic heterocycles. The van der Waals surface area contributed by atoms with Gasteiger partial charge in [-0.05, 0) is 47.9 Å². The minimum absolute atomic E-state index is 0.0914. The van der Waals surface area contributed by atoms with Crippen LogP contribution >= 0.6 is 22.6 Å². The molecule has 1 aromatic carbocycles. The lowest BCUT2D eigenvalue weighted by Gasteiger charge is -2.37. The number of nitro benzene ring substituents is 1. The molecule has 1 N–H and O–H groups in total. The number of nitro groups is 1. The summed E-state index contributed by atoms with van der Waals surface area (Å²) in [5, 5.41) is 19.9. The topological polar surface area (TPSA) is 83.7 Å². The van der Waals surface area contributed by atoms with Crippen LogP contribution < -0.4 is 0 Å². The van der Waals surface area contributed by atoms with Crippen molar-refractivity contribution in [2.45, 2.75) is 25.3 Å². The molecule has 108 valence electrons. The molecule has 0 radical (unpaired) electrons. The number of hydrogen-bond donors (Lipinski definition) is 1. The summed E-state index contributed by atoms with van der Waals surface area (Å²) in [4.78, 5) is 24.5. The summed E-state index contributed by atoms with van der Waals surface area (Å²) in [5.41, 5.74) is 0.242. The van der Waals surface area contributed by atoms with Crippen molar-refractivity contribution >= 4 is 34.2 Å². The lowest BCUT2D eigenvalue weighted by molar-refractivity contribution is -0.384. The Morgan fingerprint density at radius 3 is 2.70 bits per heavy atom. The highest BCUT2D eigenvalue weighted by Crippen LogP contribution is 2.28.